The highest BCUT2D eigenvalue weighted by Crippen LogP contribution is 2.32. The fourth-order valence-corrected chi connectivity index (χ4v) is 4.74. The molecule has 1 N–H and O–H groups in total. The molecule has 1 saturated carbocycles. The lowest BCUT2D eigenvalue weighted by molar-refractivity contribution is 0.298. The molecule has 1 aromatic rings. The Hall–Kier alpha value is -0.000000000000000111. The zero-order chi connectivity index (χ0) is 14.8. The molecule has 0 amide bonds. The number of halogens is 3. The lowest BCUT2D eigenvalue weighted by Crippen LogP contribution is -2.51. The van der Waals surface area contributed by atoms with Gasteiger partial charge in [0, 0.05) is 11.4 Å². The molecule has 20 heavy (non-hydrogen) atoms. The van der Waals surface area contributed by atoms with E-state index in [1.807, 2.05) is 0 Å². The van der Waals surface area contributed by atoms with Gasteiger partial charge < -0.3 is 0 Å². The van der Waals surface area contributed by atoms with Crippen LogP contribution in [0.1, 0.15) is 32.1 Å². The zero-order valence-electron chi connectivity index (χ0n) is 10.8. The SMILES string of the molecule is O=S(=O)(NC1(CCl)CCCCC1)c1ccc(Cl)c(Cl)c1. The second-order valence-corrected chi connectivity index (χ2v) is 7.92. The maximum absolute atomic E-state index is 12.5. The van der Waals surface area contributed by atoms with Crippen LogP contribution in [0.3, 0.4) is 0 Å². The molecule has 0 bridgehead atoms. The van der Waals surface area contributed by atoms with Crippen molar-refractivity contribution in [1.29, 1.82) is 0 Å². The molecule has 2 rings (SSSR count). The highest BCUT2D eigenvalue weighted by atomic mass is 35.5. The Morgan fingerprint density at radius 2 is 1.75 bits per heavy atom. The molecule has 0 radical (unpaired) electrons. The fraction of sp³-hybridized carbons (Fsp3) is 0.538. The third-order valence-electron chi connectivity index (χ3n) is 3.62. The molecule has 3 nitrogen and oxygen atoms in total. The van der Waals surface area contributed by atoms with Crippen LogP contribution in [0.15, 0.2) is 23.1 Å². The van der Waals surface area contributed by atoms with E-state index in [1.165, 1.54) is 18.2 Å². The minimum Gasteiger partial charge on any atom is -0.207 e. The van der Waals surface area contributed by atoms with Gasteiger partial charge in [-0.2, -0.15) is 0 Å². The Balaban J connectivity index is 2.27. The quantitative estimate of drug-likeness (QED) is 0.821. The van der Waals surface area contributed by atoms with Gasteiger partial charge in [0.1, 0.15) is 0 Å². The van der Waals surface area contributed by atoms with Gasteiger partial charge in [0.05, 0.1) is 14.9 Å². The minimum absolute atomic E-state index is 0.113. The summed E-state index contributed by atoms with van der Waals surface area (Å²) in [7, 11) is -3.65. The first-order valence-electron chi connectivity index (χ1n) is 6.44. The second kappa shape index (κ2) is 6.41. The van der Waals surface area contributed by atoms with E-state index in [0.717, 1.165) is 32.1 Å². The van der Waals surface area contributed by atoms with Crippen molar-refractivity contribution in [3.63, 3.8) is 0 Å². The van der Waals surface area contributed by atoms with Gasteiger partial charge in [0.25, 0.3) is 0 Å². The van der Waals surface area contributed by atoms with Gasteiger partial charge in [-0.25, -0.2) is 13.1 Å². The van der Waals surface area contributed by atoms with Crippen LogP contribution < -0.4 is 4.72 Å². The lowest BCUT2D eigenvalue weighted by atomic mass is 9.84. The summed E-state index contributed by atoms with van der Waals surface area (Å²) in [6.07, 6.45) is 4.61. The molecule has 1 aliphatic rings. The molecule has 1 fully saturated rings. The predicted molar refractivity (Wildman–Crippen MR) is 83.3 cm³/mol. The lowest BCUT2D eigenvalue weighted by Gasteiger charge is -2.36. The number of sulfonamides is 1. The Labute approximate surface area is 134 Å². The molecule has 1 aromatic carbocycles. The average molecular weight is 357 g/mol. The number of hydrogen-bond acceptors (Lipinski definition) is 2. The summed E-state index contributed by atoms with van der Waals surface area (Å²) in [6.45, 7) is 0. The Morgan fingerprint density at radius 1 is 1.10 bits per heavy atom. The largest absolute Gasteiger partial charge is 0.241 e. The summed E-state index contributed by atoms with van der Waals surface area (Å²) >= 11 is 17.7. The number of hydrogen-bond donors (Lipinski definition) is 1. The topological polar surface area (TPSA) is 46.2 Å². The number of rotatable bonds is 4. The van der Waals surface area contributed by atoms with Gasteiger partial charge in [-0.05, 0) is 31.0 Å². The molecule has 7 heteroatoms. The summed E-state index contributed by atoms with van der Waals surface area (Å²) < 4.78 is 27.7. The third-order valence-corrected chi connectivity index (χ3v) is 6.45. The van der Waals surface area contributed by atoms with Crippen molar-refractivity contribution in [3.05, 3.63) is 28.2 Å². The van der Waals surface area contributed by atoms with Crippen LogP contribution in [0.5, 0.6) is 0 Å². The summed E-state index contributed by atoms with van der Waals surface area (Å²) in [5.41, 5.74) is -0.551. The highest BCUT2D eigenvalue weighted by Gasteiger charge is 2.35. The molecule has 0 aromatic heterocycles. The molecule has 1 aliphatic carbocycles. The first-order chi connectivity index (χ1) is 9.38. The van der Waals surface area contributed by atoms with Gasteiger partial charge in [0.2, 0.25) is 10.0 Å². The molecule has 0 aliphatic heterocycles. The fourth-order valence-electron chi connectivity index (χ4n) is 2.48. The van der Waals surface area contributed by atoms with Crippen LogP contribution in [-0.4, -0.2) is 19.8 Å². The normalized spacial score (nSPS) is 18.9. The molecular weight excluding hydrogens is 341 g/mol. The van der Waals surface area contributed by atoms with E-state index in [9.17, 15) is 8.42 Å². The zero-order valence-corrected chi connectivity index (χ0v) is 13.9. The Bertz CT molecular complexity index is 583. The van der Waals surface area contributed by atoms with Crippen molar-refractivity contribution in [1.82, 2.24) is 4.72 Å². The molecule has 0 atom stereocenters. The van der Waals surface area contributed by atoms with Crippen LogP contribution in [0.25, 0.3) is 0 Å². The van der Waals surface area contributed by atoms with Crippen molar-refractivity contribution in [2.24, 2.45) is 0 Å². The van der Waals surface area contributed by atoms with Crippen molar-refractivity contribution < 1.29 is 8.42 Å². The maximum Gasteiger partial charge on any atom is 0.241 e. The van der Waals surface area contributed by atoms with Crippen LogP contribution in [0.4, 0.5) is 0 Å². The molecule has 0 heterocycles. The van der Waals surface area contributed by atoms with E-state index in [0.29, 0.717) is 5.02 Å². The number of benzene rings is 1. The summed E-state index contributed by atoms with van der Waals surface area (Å²) in [5, 5.41) is 0.549. The Morgan fingerprint density at radius 3 is 2.30 bits per heavy atom. The van der Waals surface area contributed by atoms with Crippen molar-refractivity contribution >= 4 is 44.8 Å². The van der Waals surface area contributed by atoms with Crippen LogP contribution in [0.2, 0.25) is 10.0 Å². The average Bonchev–Trinajstić information content (AvgIpc) is 2.42. The van der Waals surface area contributed by atoms with Gasteiger partial charge >= 0.3 is 0 Å². The van der Waals surface area contributed by atoms with E-state index in [-0.39, 0.29) is 15.8 Å². The summed E-state index contributed by atoms with van der Waals surface area (Å²) in [4.78, 5) is 0.113. The predicted octanol–water partition coefficient (Wildman–Crippen LogP) is 4.21. The maximum atomic E-state index is 12.5. The van der Waals surface area contributed by atoms with Crippen molar-refractivity contribution in [3.8, 4) is 0 Å². The molecule has 0 spiro atoms. The molecule has 0 saturated heterocycles. The molecule has 0 unspecified atom stereocenters. The minimum atomic E-state index is -3.65. The molecule has 112 valence electrons. The van der Waals surface area contributed by atoms with Gasteiger partial charge in [0.15, 0.2) is 0 Å². The van der Waals surface area contributed by atoms with Crippen molar-refractivity contribution in [2.75, 3.05) is 5.88 Å². The third kappa shape index (κ3) is 3.60. The van der Waals surface area contributed by atoms with Gasteiger partial charge in [-0.3, -0.25) is 0 Å². The van der Waals surface area contributed by atoms with E-state index in [4.69, 9.17) is 34.8 Å². The number of nitrogens with one attached hydrogen (secondary N) is 1. The van der Waals surface area contributed by atoms with E-state index >= 15 is 0 Å². The van der Waals surface area contributed by atoms with Gasteiger partial charge in [-0.1, -0.05) is 42.5 Å². The monoisotopic (exact) mass is 355 g/mol. The van der Waals surface area contributed by atoms with Crippen LogP contribution in [-0.2, 0) is 10.0 Å². The van der Waals surface area contributed by atoms with Crippen LogP contribution >= 0.6 is 34.8 Å². The number of alkyl halides is 1. The first-order valence-corrected chi connectivity index (χ1v) is 9.21. The van der Waals surface area contributed by atoms with E-state index in [2.05, 4.69) is 4.72 Å². The summed E-state index contributed by atoms with van der Waals surface area (Å²) in [6, 6.07) is 4.28. The summed E-state index contributed by atoms with van der Waals surface area (Å²) in [5.74, 6) is 0.271. The van der Waals surface area contributed by atoms with Gasteiger partial charge in [-0.15, -0.1) is 11.6 Å². The van der Waals surface area contributed by atoms with E-state index < -0.39 is 15.6 Å². The smallest absolute Gasteiger partial charge is 0.207 e. The first kappa shape index (κ1) is 16.4. The Kier molecular flexibility index (Phi) is 5.24. The second-order valence-electron chi connectivity index (χ2n) is 5.16. The highest BCUT2D eigenvalue weighted by molar-refractivity contribution is 7.89. The standard InChI is InChI=1S/C13H16Cl3NO2S/c14-9-13(6-2-1-3-7-13)17-20(18,19)10-4-5-11(15)12(16)8-10/h4-5,8,17H,1-3,6-7,9H2. The molecular formula is C13H16Cl3NO2S. The van der Waals surface area contributed by atoms with Crippen LogP contribution in [0, 0.1) is 0 Å². The van der Waals surface area contributed by atoms with E-state index in [1.54, 1.807) is 0 Å². The van der Waals surface area contributed by atoms with Crippen molar-refractivity contribution in [2.45, 2.75) is 42.5 Å².